The predicted octanol–water partition coefficient (Wildman–Crippen LogP) is 0.732. The number of amides is 1. The zero-order valence-electron chi connectivity index (χ0n) is 10.5. The van der Waals surface area contributed by atoms with Crippen LogP contribution >= 0.6 is 0 Å². The Balaban J connectivity index is 2.63. The third-order valence-electron chi connectivity index (χ3n) is 2.82. The van der Waals surface area contributed by atoms with Crippen LogP contribution in [0.15, 0.2) is 18.2 Å². The smallest absolute Gasteiger partial charge is 0.253 e. The van der Waals surface area contributed by atoms with E-state index in [2.05, 4.69) is 10.4 Å². The standard InChI is InChI=1S/C12H17N5O/c1-7(2)12-15-11-8(13)4-3-5-9(11)17(12)6-10(18)16-14/h3-5,7H,6,13-14H2,1-2H3,(H,16,18). The van der Waals surface area contributed by atoms with Gasteiger partial charge in [-0.2, -0.15) is 0 Å². The van der Waals surface area contributed by atoms with E-state index < -0.39 is 0 Å². The SMILES string of the molecule is CC(C)c1nc2c(N)cccc2n1CC(=O)NN. The second-order valence-electron chi connectivity index (χ2n) is 4.49. The fraction of sp³-hybridized carbons (Fsp3) is 0.333. The molecule has 1 heterocycles. The number of imidazole rings is 1. The van der Waals surface area contributed by atoms with Gasteiger partial charge in [-0.1, -0.05) is 19.9 Å². The lowest BCUT2D eigenvalue weighted by molar-refractivity contribution is -0.121. The molecule has 1 aromatic heterocycles. The summed E-state index contributed by atoms with van der Waals surface area (Å²) in [6.07, 6.45) is 0. The van der Waals surface area contributed by atoms with Crippen molar-refractivity contribution in [3.05, 3.63) is 24.0 Å². The molecule has 1 aromatic carbocycles. The van der Waals surface area contributed by atoms with Crippen molar-refractivity contribution in [1.82, 2.24) is 15.0 Å². The van der Waals surface area contributed by atoms with E-state index in [1.54, 1.807) is 6.07 Å². The van der Waals surface area contributed by atoms with Crippen molar-refractivity contribution in [2.45, 2.75) is 26.3 Å². The van der Waals surface area contributed by atoms with Gasteiger partial charge in [0.1, 0.15) is 17.9 Å². The van der Waals surface area contributed by atoms with Gasteiger partial charge < -0.3 is 10.3 Å². The summed E-state index contributed by atoms with van der Waals surface area (Å²) in [5.74, 6) is 5.89. The van der Waals surface area contributed by atoms with Crippen LogP contribution in [0.2, 0.25) is 0 Å². The average Bonchev–Trinajstić information content (AvgIpc) is 2.70. The minimum Gasteiger partial charge on any atom is -0.397 e. The molecular weight excluding hydrogens is 230 g/mol. The molecule has 0 saturated carbocycles. The Kier molecular flexibility index (Phi) is 3.20. The van der Waals surface area contributed by atoms with E-state index >= 15 is 0 Å². The Bertz CT molecular complexity index is 587. The van der Waals surface area contributed by atoms with Gasteiger partial charge in [-0.3, -0.25) is 10.2 Å². The second kappa shape index (κ2) is 4.66. The molecular formula is C12H17N5O. The summed E-state index contributed by atoms with van der Waals surface area (Å²) in [6, 6.07) is 5.54. The fourth-order valence-corrected chi connectivity index (χ4v) is 1.98. The van der Waals surface area contributed by atoms with Gasteiger partial charge in [-0.25, -0.2) is 10.8 Å². The number of hydrazine groups is 1. The highest BCUT2D eigenvalue weighted by molar-refractivity contribution is 5.89. The molecule has 0 bridgehead atoms. The van der Waals surface area contributed by atoms with Crippen LogP contribution in [0.3, 0.4) is 0 Å². The highest BCUT2D eigenvalue weighted by Gasteiger charge is 2.16. The Labute approximate surface area is 105 Å². The van der Waals surface area contributed by atoms with Crippen molar-refractivity contribution in [3.8, 4) is 0 Å². The first-order valence-electron chi connectivity index (χ1n) is 5.78. The van der Waals surface area contributed by atoms with Crippen molar-refractivity contribution in [2.75, 3.05) is 5.73 Å². The number of hydrogen-bond acceptors (Lipinski definition) is 4. The summed E-state index contributed by atoms with van der Waals surface area (Å²) in [4.78, 5) is 16.0. The van der Waals surface area contributed by atoms with E-state index in [9.17, 15) is 4.79 Å². The maximum Gasteiger partial charge on any atom is 0.253 e. The van der Waals surface area contributed by atoms with E-state index in [4.69, 9.17) is 11.6 Å². The summed E-state index contributed by atoms with van der Waals surface area (Å²) < 4.78 is 1.85. The monoisotopic (exact) mass is 247 g/mol. The summed E-state index contributed by atoms with van der Waals surface area (Å²) in [5, 5.41) is 0. The van der Waals surface area contributed by atoms with Crippen molar-refractivity contribution < 1.29 is 4.79 Å². The first-order chi connectivity index (χ1) is 8.54. The molecule has 0 unspecified atom stereocenters. The summed E-state index contributed by atoms with van der Waals surface area (Å²) >= 11 is 0. The normalized spacial score (nSPS) is 11.1. The second-order valence-corrected chi connectivity index (χ2v) is 4.49. The van der Waals surface area contributed by atoms with Crippen LogP contribution in [0, 0.1) is 0 Å². The summed E-state index contributed by atoms with van der Waals surface area (Å²) in [5.41, 5.74) is 10.2. The molecule has 0 saturated heterocycles. The topological polar surface area (TPSA) is 99.0 Å². The molecule has 0 radical (unpaired) electrons. The van der Waals surface area contributed by atoms with Crippen LogP contribution in [0.25, 0.3) is 11.0 Å². The molecule has 0 aliphatic heterocycles. The first kappa shape index (κ1) is 12.4. The van der Waals surface area contributed by atoms with Crippen LogP contribution in [0.1, 0.15) is 25.6 Å². The van der Waals surface area contributed by atoms with Gasteiger partial charge in [-0.15, -0.1) is 0 Å². The summed E-state index contributed by atoms with van der Waals surface area (Å²) in [6.45, 7) is 4.19. The molecule has 6 heteroatoms. The van der Waals surface area contributed by atoms with Crippen LogP contribution in [0.4, 0.5) is 5.69 Å². The zero-order valence-corrected chi connectivity index (χ0v) is 10.5. The molecule has 0 spiro atoms. The fourth-order valence-electron chi connectivity index (χ4n) is 1.98. The van der Waals surface area contributed by atoms with Gasteiger partial charge in [0.2, 0.25) is 0 Å². The Morgan fingerprint density at radius 2 is 2.22 bits per heavy atom. The number of rotatable bonds is 3. The van der Waals surface area contributed by atoms with Gasteiger partial charge in [0.15, 0.2) is 0 Å². The van der Waals surface area contributed by atoms with Crippen molar-refractivity contribution in [3.63, 3.8) is 0 Å². The molecule has 18 heavy (non-hydrogen) atoms. The predicted molar refractivity (Wildman–Crippen MR) is 70.6 cm³/mol. The number of nitrogens with one attached hydrogen (secondary N) is 1. The molecule has 0 atom stereocenters. The molecule has 1 amide bonds. The molecule has 2 rings (SSSR count). The van der Waals surface area contributed by atoms with Crippen LogP contribution < -0.4 is 17.0 Å². The summed E-state index contributed by atoms with van der Waals surface area (Å²) in [7, 11) is 0. The van der Waals surface area contributed by atoms with Gasteiger partial charge >= 0.3 is 0 Å². The molecule has 0 aliphatic rings. The van der Waals surface area contributed by atoms with Crippen LogP contribution in [0.5, 0.6) is 0 Å². The van der Waals surface area contributed by atoms with Gasteiger partial charge in [0, 0.05) is 5.92 Å². The number of fused-ring (bicyclic) bond motifs is 1. The van der Waals surface area contributed by atoms with E-state index in [-0.39, 0.29) is 18.4 Å². The van der Waals surface area contributed by atoms with Crippen LogP contribution in [-0.4, -0.2) is 15.5 Å². The number of benzene rings is 1. The largest absolute Gasteiger partial charge is 0.397 e. The zero-order chi connectivity index (χ0) is 13.3. The lowest BCUT2D eigenvalue weighted by Crippen LogP contribution is -2.33. The quantitative estimate of drug-likeness (QED) is 0.322. The third kappa shape index (κ3) is 2.02. The average molecular weight is 247 g/mol. The Hall–Kier alpha value is -2.08. The van der Waals surface area contributed by atoms with E-state index in [1.165, 1.54) is 0 Å². The maximum absolute atomic E-state index is 11.5. The molecule has 0 aliphatic carbocycles. The molecule has 2 aromatic rings. The maximum atomic E-state index is 11.5. The van der Waals surface area contributed by atoms with Gasteiger partial charge in [0.05, 0.1) is 11.2 Å². The highest BCUT2D eigenvalue weighted by Crippen LogP contribution is 2.25. The van der Waals surface area contributed by atoms with E-state index in [0.717, 1.165) is 16.9 Å². The number of nitrogens with zero attached hydrogens (tertiary/aromatic N) is 2. The Morgan fingerprint density at radius 3 is 2.83 bits per heavy atom. The minimum absolute atomic E-state index is 0.143. The van der Waals surface area contributed by atoms with Gasteiger partial charge in [0.25, 0.3) is 5.91 Å². The minimum atomic E-state index is -0.265. The molecule has 5 N–H and O–H groups in total. The number of carbonyl (C=O) groups is 1. The Morgan fingerprint density at radius 1 is 1.50 bits per heavy atom. The molecule has 0 fully saturated rings. The van der Waals surface area contributed by atoms with Crippen molar-refractivity contribution in [2.24, 2.45) is 5.84 Å². The van der Waals surface area contributed by atoms with Crippen molar-refractivity contribution in [1.29, 1.82) is 0 Å². The third-order valence-corrected chi connectivity index (χ3v) is 2.82. The lowest BCUT2D eigenvalue weighted by Gasteiger charge is -2.10. The van der Waals surface area contributed by atoms with Gasteiger partial charge in [-0.05, 0) is 12.1 Å². The number of nitrogens with two attached hydrogens (primary N) is 2. The number of aromatic nitrogens is 2. The lowest BCUT2D eigenvalue weighted by atomic mass is 10.2. The number of anilines is 1. The molecule has 96 valence electrons. The van der Waals surface area contributed by atoms with Crippen molar-refractivity contribution >= 4 is 22.6 Å². The number of carbonyl (C=O) groups excluding carboxylic acids is 1. The highest BCUT2D eigenvalue weighted by atomic mass is 16.2. The number of para-hydroxylation sites is 1. The van der Waals surface area contributed by atoms with E-state index in [0.29, 0.717) is 5.69 Å². The van der Waals surface area contributed by atoms with Crippen LogP contribution in [-0.2, 0) is 11.3 Å². The molecule has 6 nitrogen and oxygen atoms in total. The first-order valence-corrected chi connectivity index (χ1v) is 5.78. The number of nitrogen functional groups attached to an aromatic ring is 1. The number of hydrogen-bond donors (Lipinski definition) is 3. The van der Waals surface area contributed by atoms with E-state index in [1.807, 2.05) is 30.5 Å².